The van der Waals surface area contributed by atoms with Crippen molar-refractivity contribution in [2.24, 2.45) is 0 Å². The molecular weight excluding hydrogens is 1140 g/mol. The number of alkyl carbamates (subject to hydrolysis) is 2. The van der Waals surface area contributed by atoms with Gasteiger partial charge in [-0.2, -0.15) is 0 Å². The molecule has 0 saturated carbocycles. The first kappa shape index (κ1) is 61.9. The van der Waals surface area contributed by atoms with Crippen LogP contribution in [0.15, 0.2) is 150 Å². The Hall–Kier alpha value is -6.35. The quantitative estimate of drug-likeness (QED) is 0.0282. The molecule has 418 valence electrons. The van der Waals surface area contributed by atoms with Crippen molar-refractivity contribution < 1.29 is 56.9 Å². The minimum absolute atomic E-state index is 0.000726. The highest BCUT2D eigenvalue weighted by Gasteiger charge is 2.37. The summed E-state index contributed by atoms with van der Waals surface area (Å²) >= 11 is 2.15. The Morgan fingerprint density at radius 2 is 1.08 bits per heavy atom. The number of nitrogens with one attached hydrogen (secondary N) is 2. The number of hydrogen-bond acceptors (Lipinski definition) is 10. The monoisotopic (exact) mass is 1210 g/mol. The summed E-state index contributed by atoms with van der Waals surface area (Å²) in [5, 5.41) is 33.3. The number of benzene rings is 6. The molecule has 0 heterocycles. The van der Waals surface area contributed by atoms with E-state index in [1.807, 2.05) is 78.6 Å². The summed E-state index contributed by atoms with van der Waals surface area (Å²) in [4.78, 5) is 24.7. The number of fused-ring (bicyclic) bond motifs is 6. The molecule has 0 aromatic heterocycles. The highest BCUT2D eigenvalue weighted by molar-refractivity contribution is 14.1. The summed E-state index contributed by atoms with van der Waals surface area (Å²) in [5.41, 5.74) is 10.4. The molecule has 6 aromatic rings. The van der Waals surface area contributed by atoms with Crippen molar-refractivity contribution >= 4 is 61.8 Å². The number of rotatable bonds is 20. The molecule has 8 rings (SSSR count). The minimum atomic E-state index is -1.84. The van der Waals surface area contributed by atoms with Crippen molar-refractivity contribution in [2.75, 3.05) is 39.6 Å². The second-order valence-corrected chi connectivity index (χ2v) is 25.9. The Morgan fingerprint density at radius 1 is 0.646 bits per heavy atom. The van der Waals surface area contributed by atoms with Crippen molar-refractivity contribution in [1.82, 2.24) is 10.6 Å². The van der Waals surface area contributed by atoms with Gasteiger partial charge in [0.15, 0.2) is 8.32 Å². The molecule has 2 aliphatic carbocycles. The molecule has 0 aliphatic heterocycles. The smallest absolute Gasteiger partial charge is 0.491 e. The van der Waals surface area contributed by atoms with Crippen LogP contribution in [0.4, 0.5) is 18.4 Å². The fourth-order valence-electron chi connectivity index (χ4n) is 8.90. The molecule has 2 amide bonds. The van der Waals surface area contributed by atoms with E-state index in [9.17, 15) is 28.4 Å². The minimum Gasteiger partial charge on any atom is -0.491 e. The molecular formula is C62H72BF2IN2O10Si. The fourth-order valence-corrected chi connectivity index (χ4v) is 10.4. The van der Waals surface area contributed by atoms with Gasteiger partial charge in [-0.3, -0.25) is 0 Å². The van der Waals surface area contributed by atoms with E-state index >= 15 is 0 Å². The van der Waals surface area contributed by atoms with Gasteiger partial charge in [-0.25, -0.2) is 18.4 Å². The lowest BCUT2D eigenvalue weighted by Gasteiger charge is -2.36. The number of hydrogen-bond donors (Lipinski definition) is 5. The van der Waals surface area contributed by atoms with Gasteiger partial charge in [-0.1, -0.05) is 179 Å². The molecule has 2 atom stereocenters. The third-order valence-corrected chi connectivity index (χ3v) is 19.1. The van der Waals surface area contributed by atoms with Gasteiger partial charge in [0.05, 0.1) is 25.3 Å². The lowest BCUT2D eigenvalue weighted by Crippen LogP contribution is -2.41. The van der Waals surface area contributed by atoms with Crippen LogP contribution in [0.1, 0.15) is 87.1 Å². The Kier molecular flexibility index (Phi) is 23.3. The van der Waals surface area contributed by atoms with Crippen LogP contribution in [0, 0.1) is 11.6 Å². The van der Waals surface area contributed by atoms with Crippen molar-refractivity contribution in [3.63, 3.8) is 0 Å². The Labute approximate surface area is 478 Å². The van der Waals surface area contributed by atoms with Gasteiger partial charge in [0.1, 0.15) is 49.6 Å². The number of halogens is 3. The predicted octanol–water partition coefficient (Wildman–Crippen LogP) is 12.7. The maximum atomic E-state index is 13.6. The molecule has 12 nitrogen and oxygen atoms in total. The molecule has 17 heteroatoms. The van der Waals surface area contributed by atoms with E-state index in [0.717, 1.165) is 29.7 Å². The molecule has 0 radical (unpaired) electrons. The maximum Gasteiger partial charge on any atom is 0.492 e. The van der Waals surface area contributed by atoms with Gasteiger partial charge >= 0.3 is 19.3 Å². The van der Waals surface area contributed by atoms with Crippen LogP contribution in [0.3, 0.4) is 0 Å². The van der Waals surface area contributed by atoms with Gasteiger partial charge in [0, 0.05) is 35.0 Å². The molecule has 5 N–H and O–H groups in total. The highest BCUT2D eigenvalue weighted by atomic mass is 127. The highest BCUT2D eigenvalue weighted by Crippen LogP contribution is 2.46. The van der Waals surface area contributed by atoms with E-state index in [0.29, 0.717) is 30.9 Å². The van der Waals surface area contributed by atoms with Gasteiger partial charge < -0.3 is 49.2 Å². The normalized spacial score (nSPS) is 13.4. The maximum absolute atomic E-state index is 13.6. The van der Waals surface area contributed by atoms with Gasteiger partial charge in [-0.05, 0) is 97.8 Å². The molecule has 6 aromatic carbocycles. The molecule has 0 unspecified atom stereocenters. The van der Waals surface area contributed by atoms with Crippen LogP contribution in [0.5, 0.6) is 11.5 Å². The zero-order valence-corrected chi connectivity index (χ0v) is 49.0. The third kappa shape index (κ3) is 17.1. The summed E-state index contributed by atoms with van der Waals surface area (Å²) in [5.74, 6) is -0.346. The van der Waals surface area contributed by atoms with Crippen molar-refractivity contribution in [2.45, 2.75) is 89.5 Å². The van der Waals surface area contributed by atoms with E-state index in [1.165, 1.54) is 51.6 Å². The summed E-state index contributed by atoms with van der Waals surface area (Å²) in [6.45, 7) is 15.8. The largest absolute Gasteiger partial charge is 0.492 e. The molecule has 79 heavy (non-hydrogen) atoms. The fraction of sp³-hybridized carbons (Fsp3) is 0.323. The molecule has 0 spiro atoms. The zero-order chi connectivity index (χ0) is 57.1. The molecule has 0 bridgehead atoms. The second kappa shape index (κ2) is 29.7. The average molecular weight is 1210 g/mol. The van der Waals surface area contributed by atoms with Crippen LogP contribution in [0.25, 0.3) is 28.3 Å². The Morgan fingerprint density at radius 3 is 1.51 bits per heavy atom. The van der Waals surface area contributed by atoms with E-state index in [1.54, 1.807) is 12.1 Å². The second-order valence-electron chi connectivity index (χ2n) is 20.4. The number of aliphatic hydroxyl groups is 1. The summed E-state index contributed by atoms with van der Waals surface area (Å²) in [6.07, 6.45) is 6.18. The van der Waals surface area contributed by atoms with E-state index in [-0.39, 0.29) is 72.7 Å². The summed E-state index contributed by atoms with van der Waals surface area (Å²) in [6, 6.07) is 40.6. The van der Waals surface area contributed by atoms with E-state index in [4.69, 9.17) is 28.5 Å². The summed E-state index contributed by atoms with van der Waals surface area (Å²) in [7, 11) is -3.53. The molecule has 2 aliphatic rings. The number of ether oxygens (including phenoxy) is 4. The molecule has 0 fully saturated rings. The first-order valence-corrected chi connectivity index (χ1v) is 30.7. The topological polar surface area (TPSA) is 165 Å². The Bertz CT molecular complexity index is 2940. The first-order valence-electron chi connectivity index (χ1n) is 26.5. The number of amides is 2. The van der Waals surface area contributed by atoms with Crippen molar-refractivity contribution in [3.8, 4) is 33.8 Å². The third-order valence-electron chi connectivity index (χ3n) is 14.2. The van der Waals surface area contributed by atoms with Crippen LogP contribution in [0.2, 0.25) is 18.1 Å². The van der Waals surface area contributed by atoms with Crippen LogP contribution in [-0.4, -0.2) is 94.5 Å². The number of aliphatic hydroxyl groups excluding tert-OH is 1. The van der Waals surface area contributed by atoms with Gasteiger partial charge in [0.25, 0.3) is 0 Å². The van der Waals surface area contributed by atoms with E-state index < -0.39 is 33.2 Å². The van der Waals surface area contributed by atoms with Gasteiger partial charge in [0.2, 0.25) is 0 Å². The van der Waals surface area contributed by atoms with Gasteiger partial charge in [-0.15, -0.1) is 0 Å². The first-order chi connectivity index (χ1) is 37.9. The molecule has 0 saturated heterocycles. The van der Waals surface area contributed by atoms with Crippen LogP contribution >= 0.6 is 22.6 Å². The van der Waals surface area contributed by atoms with Crippen molar-refractivity contribution in [1.29, 1.82) is 0 Å². The zero-order valence-electron chi connectivity index (χ0n) is 45.9. The number of carbonyl (C=O) groups is 2. The standard InChI is InChI=1S/C28H28FNO4.C20H20INO2.C14H24BFO4Si/c1-2-21(14-12-19-11-13-20(29)17-27(19)33-16-15-31)30-28(32)34-18-26-24-9-5-3-7-22(24)23-8-4-6-10-25(23)26;1-2-14(11-12-21)22-20(23)24-13-19-17-9-5-3-7-15(17)16-8-4-6-10-18(16)19;1-14(2,3)21(4,5)20-9-8-19-13-10-11(16)6-7-12(13)15(17)18/h3-14,17,21,26,31H,2,15-16,18H2,1H3,(H,30,32);3-12,14,19H,2,13H2,1H3,(H,22,23);6-7,10,17-18H,8-9H2,1-5H3/b14-12+;12-11+;/t21-;14-;/m00./s1. The van der Waals surface area contributed by atoms with Crippen LogP contribution < -0.4 is 25.6 Å². The number of carbonyl (C=O) groups excluding carboxylic acids is 2. The van der Waals surface area contributed by atoms with E-state index in [2.05, 4.69) is 116 Å². The summed E-state index contributed by atoms with van der Waals surface area (Å²) < 4.78 is 56.6. The Balaban J connectivity index is 0.000000199. The van der Waals surface area contributed by atoms with Crippen molar-refractivity contribution in [3.05, 3.63) is 189 Å². The van der Waals surface area contributed by atoms with Crippen LogP contribution in [-0.2, 0) is 13.9 Å². The lowest BCUT2D eigenvalue weighted by atomic mass is 9.79. The lowest BCUT2D eigenvalue weighted by molar-refractivity contribution is 0.140. The SMILES string of the molecule is CC(C)(C)[Si](C)(C)OCCOc1cc(F)ccc1B(O)O.CC[C@@H](/C=C/I)NC(=O)OCC1c2ccccc2-c2ccccc21.CC[C@@H](/C=C/c1ccc(F)cc1OCCO)NC(=O)OCC1c2ccccc2-c2ccccc21. The predicted molar refractivity (Wildman–Crippen MR) is 321 cm³/mol. The average Bonchev–Trinajstić information content (AvgIpc) is 3.97.